The largest absolute Gasteiger partial charge is 0.467 e. The van der Waals surface area contributed by atoms with Crippen LogP contribution in [0.25, 0.3) is 0 Å². The van der Waals surface area contributed by atoms with Crippen molar-refractivity contribution in [3.8, 4) is 0 Å². The van der Waals surface area contributed by atoms with Gasteiger partial charge in [-0.25, -0.2) is 26.7 Å². The summed E-state index contributed by atoms with van der Waals surface area (Å²) >= 11 is 5.71. The zero-order chi connectivity index (χ0) is 22.7. The van der Waals surface area contributed by atoms with Crippen molar-refractivity contribution < 1.29 is 41.4 Å². The molecule has 0 radical (unpaired) electrons. The monoisotopic (exact) mass is 470 g/mol. The van der Waals surface area contributed by atoms with E-state index in [1.165, 1.54) is 0 Å². The number of hydrogen-bond acceptors (Lipinski definition) is 7. The molecule has 1 aromatic rings. The van der Waals surface area contributed by atoms with E-state index in [4.69, 9.17) is 16.3 Å². The van der Waals surface area contributed by atoms with E-state index >= 15 is 0 Å². The molecule has 1 aliphatic rings. The smallest absolute Gasteiger partial charge is 0.330 e. The van der Waals surface area contributed by atoms with Crippen LogP contribution in [-0.4, -0.2) is 69.7 Å². The Morgan fingerprint density at radius 1 is 1.40 bits per heavy atom. The van der Waals surface area contributed by atoms with Crippen LogP contribution in [0.2, 0.25) is 5.02 Å². The molecule has 0 saturated carbocycles. The van der Waals surface area contributed by atoms with E-state index in [-0.39, 0.29) is 23.6 Å². The molecule has 1 saturated heterocycles. The van der Waals surface area contributed by atoms with E-state index in [2.05, 4.69) is 14.8 Å². The molecular formula is C17H21ClF2N2O7S. The van der Waals surface area contributed by atoms with Gasteiger partial charge in [-0.1, -0.05) is 11.6 Å². The van der Waals surface area contributed by atoms with Crippen LogP contribution in [0.3, 0.4) is 0 Å². The van der Waals surface area contributed by atoms with Crippen molar-refractivity contribution in [2.45, 2.75) is 30.5 Å². The summed E-state index contributed by atoms with van der Waals surface area (Å²) in [5.41, 5.74) is -1.98. The lowest BCUT2D eigenvalue weighted by Crippen LogP contribution is -2.55. The lowest BCUT2D eigenvalue weighted by atomic mass is 9.89. The fraction of sp³-hybridized carbons (Fsp3) is 0.529. The standard InChI is InChI=1S/C17H21ClF2N2O7S/c1-28-15(24)14(7-23)21-16(25)17(6-10(8-29-17)22-30(2,26)27)5-9-3-11(18)13(20)4-12(9)19/h3-4,10,14,22-23H,5-8H2,1-2H3,(H,21,25)/t10?,14-,17?/m0/s1. The van der Waals surface area contributed by atoms with Crippen LogP contribution >= 0.6 is 11.6 Å². The van der Waals surface area contributed by atoms with Crippen LogP contribution in [0.15, 0.2) is 12.1 Å². The molecule has 0 aromatic heterocycles. The number of benzene rings is 1. The summed E-state index contributed by atoms with van der Waals surface area (Å²) in [6.45, 7) is -1.00. The second-order valence-corrected chi connectivity index (χ2v) is 9.05. The Morgan fingerprint density at radius 2 is 2.07 bits per heavy atom. The first kappa shape index (κ1) is 24.4. The third kappa shape index (κ3) is 5.85. The number of carbonyl (C=O) groups is 2. The number of rotatable bonds is 8. The van der Waals surface area contributed by atoms with Gasteiger partial charge in [0.2, 0.25) is 10.0 Å². The van der Waals surface area contributed by atoms with Gasteiger partial charge < -0.3 is 19.9 Å². The fourth-order valence-corrected chi connectivity index (χ4v) is 4.08. The van der Waals surface area contributed by atoms with Crippen LogP contribution in [0.5, 0.6) is 0 Å². The Bertz CT molecular complexity index is 931. The van der Waals surface area contributed by atoms with Crippen molar-refractivity contribution in [2.24, 2.45) is 0 Å². The first-order chi connectivity index (χ1) is 13.9. The molecule has 3 N–H and O–H groups in total. The molecule has 0 aliphatic carbocycles. The first-order valence-corrected chi connectivity index (χ1v) is 10.9. The van der Waals surface area contributed by atoms with Gasteiger partial charge in [-0.3, -0.25) is 4.79 Å². The molecule has 0 bridgehead atoms. The quantitative estimate of drug-likeness (QED) is 0.357. The summed E-state index contributed by atoms with van der Waals surface area (Å²) in [4.78, 5) is 24.7. The lowest BCUT2D eigenvalue weighted by Gasteiger charge is -2.29. The highest BCUT2D eigenvalue weighted by atomic mass is 35.5. The average molecular weight is 471 g/mol. The topological polar surface area (TPSA) is 131 Å². The van der Waals surface area contributed by atoms with E-state index in [9.17, 15) is 31.9 Å². The second-order valence-electron chi connectivity index (χ2n) is 6.86. The van der Waals surface area contributed by atoms with E-state index in [0.717, 1.165) is 19.4 Å². The van der Waals surface area contributed by atoms with Crippen molar-refractivity contribution in [1.82, 2.24) is 10.0 Å². The SMILES string of the molecule is COC(=O)[C@H](CO)NC(=O)C1(Cc2cc(Cl)c(F)cc2F)CC(NS(C)(=O)=O)CO1. The van der Waals surface area contributed by atoms with Crippen molar-refractivity contribution >= 4 is 33.5 Å². The summed E-state index contributed by atoms with van der Waals surface area (Å²) in [5, 5.41) is 11.2. The van der Waals surface area contributed by atoms with E-state index in [0.29, 0.717) is 6.07 Å². The van der Waals surface area contributed by atoms with E-state index in [1.807, 2.05) is 0 Å². The third-order valence-corrected chi connectivity index (χ3v) is 5.52. The van der Waals surface area contributed by atoms with Gasteiger partial charge in [0.05, 0.1) is 31.6 Å². The maximum Gasteiger partial charge on any atom is 0.330 e. The van der Waals surface area contributed by atoms with Crippen LogP contribution in [-0.2, 0) is 35.5 Å². The maximum atomic E-state index is 14.3. The van der Waals surface area contributed by atoms with Crippen LogP contribution in [0.4, 0.5) is 8.78 Å². The molecule has 1 amide bonds. The molecule has 1 heterocycles. The summed E-state index contributed by atoms with van der Waals surface area (Å²) in [6.07, 6.45) is 0.261. The third-order valence-electron chi connectivity index (χ3n) is 4.47. The number of amides is 1. The van der Waals surface area contributed by atoms with Gasteiger partial charge in [0.1, 0.15) is 11.6 Å². The summed E-state index contributed by atoms with van der Waals surface area (Å²) in [6, 6.07) is -0.705. The Labute approximate surface area is 176 Å². The Morgan fingerprint density at radius 3 is 2.63 bits per heavy atom. The summed E-state index contributed by atoms with van der Waals surface area (Å²) in [7, 11) is -2.59. The highest BCUT2D eigenvalue weighted by Gasteiger charge is 2.49. The van der Waals surface area contributed by atoms with Gasteiger partial charge >= 0.3 is 5.97 Å². The predicted molar refractivity (Wildman–Crippen MR) is 101 cm³/mol. The normalized spacial score (nSPS) is 22.5. The zero-order valence-corrected chi connectivity index (χ0v) is 17.6. The lowest BCUT2D eigenvalue weighted by molar-refractivity contribution is -0.151. The van der Waals surface area contributed by atoms with Crippen molar-refractivity contribution in [3.05, 3.63) is 34.4 Å². The van der Waals surface area contributed by atoms with Crippen molar-refractivity contribution in [2.75, 3.05) is 26.6 Å². The molecule has 2 rings (SSSR count). The Balaban J connectivity index is 2.37. The molecular weight excluding hydrogens is 450 g/mol. The summed E-state index contributed by atoms with van der Waals surface area (Å²) < 4.78 is 63.2. The van der Waals surface area contributed by atoms with Crippen LogP contribution < -0.4 is 10.0 Å². The van der Waals surface area contributed by atoms with Crippen LogP contribution in [0, 0.1) is 11.6 Å². The first-order valence-electron chi connectivity index (χ1n) is 8.65. The van der Waals surface area contributed by atoms with Gasteiger partial charge in [0, 0.05) is 24.9 Å². The van der Waals surface area contributed by atoms with Gasteiger partial charge in [-0.05, 0) is 11.6 Å². The number of aliphatic hydroxyl groups is 1. The highest BCUT2D eigenvalue weighted by molar-refractivity contribution is 7.88. The maximum absolute atomic E-state index is 14.3. The minimum absolute atomic E-state index is 0.157. The molecule has 30 heavy (non-hydrogen) atoms. The Hall–Kier alpha value is -1.86. The van der Waals surface area contributed by atoms with Crippen LogP contribution in [0.1, 0.15) is 12.0 Å². The molecule has 3 atom stereocenters. The Kier molecular flexibility index (Phi) is 7.74. The average Bonchev–Trinajstić information content (AvgIpc) is 3.05. The molecule has 1 aliphatic heterocycles. The molecule has 13 heteroatoms. The number of esters is 1. The number of methoxy groups -OCH3 is 1. The number of carbonyl (C=O) groups excluding carboxylic acids is 2. The van der Waals surface area contributed by atoms with E-state index in [1.54, 1.807) is 0 Å². The predicted octanol–water partition coefficient (Wildman–Crippen LogP) is -0.112. The van der Waals surface area contributed by atoms with Gasteiger partial charge in [-0.2, -0.15) is 0 Å². The number of aliphatic hydroxyl groups excluding tert-OH is 1. The molecule has 2 unspecified atom stereocenters. The minimum atomic E-state index is -3.64. The molecule has 9 nitrogen and oxygen atoms in total. The molecule has 1 aromatic carbocycles. The second kappa shape index (κ2) is 9.52. The number of ether oxygens (including phenoxy) is 2. The molecule has 1 fully saturated rings. The number of hydrogen-bond donors (Lipinski definition) is 3. The summed E-state index contributed by atoms with van der Waals surface area (Å²) in [5.74, 6) is -3.82. The number of sulfonamides is 1. The highest BCUT2D eigenvalue weighted by Crippen LogP contribution is 2.33. The molecule has 168 valence electrons. The fourth-order valence-electron chi connectivity index (χ4n) is 3.13. The molecule has 0 spiro atoms. The zero-order valence-electron chi connectivity index (χ0n) is 16.1. The number of halogens is 3. The van der Waals surface area contributed by atoms with Crippen molar-refractivity contribution in [1.29, 1.82) is 0 Å². The van der Waals surface area contributed by atoms with Gasteiger partial charge in [0.15, 0.2) is 11.6 Å². The minimum Gasteiger partial charge on any atom is -0.467 e. The van der Waals surface area contributed by atoms with Crippen molar-refractivity contribution in [3.63, 3.8) is 0 Å². The number of nitrogens with one attached hydrogen (secondary N) is 2. The van der Waals surface area contributed by atoms with Gasteiger partial charge in [-0.15, -0.1) is 0 Å². The van der Waals surface area contributed by atoms with E-state index < -0.39 is 64.2 Å². The van der Waals surface area contributed by atoms with Gasteiger partial charge in [0.25, 0.3) is 5.91 Å².